The molecule has 1 aromatic heterocycles. The lowest BCUT2D eigenvalue weighted by Gasteiger charge is -2.32. The van der Waals surface area contributed by atoms with Crippen LogP contribution in [0.15, 0.2) is 18.2 Å². The van der Waals surface area contributed by atoms with Crippen molar-refractivity contribution >= 4 is 0 Å². The first-order valence-electron chi connectivity index (χ1n) is 9.01. The molecule has 0 radical (unpaired) electrons. The highest BCUT2D eigenvalue weighted by Gasteiger charge is 2.20. The molecule has 0 aliphatic carbocycles. The van der Waals surface area contributed by atoms with E-state index in [1.807, 2.05) is 11.6 Å². The molecule has 1 aliphatic rings. The van der Waals surface area contributed by atoms with E-state index in [0.717, 1.165) is 50.9 Å². The Morgan fingerprint density at radius 1 is 1.24 bits per heavy atom. The molecule has 1 aromatic carbocycles. The number of tetrazole rings is 1. The molecule has 0 N–H and O–H groups in total. The average molecular weight is 349 g/mol. The number of likely N-dealkylation sites (tertiary alicyclic amines) is 1. The highest BCUT2D eigenvalue weighted by atomic mass is 19.1. The highest BCUT2D eigenvalue weighted by molar-refractivity contribution is 5.18. The second kappa shape index (κ2) is 8.47. The zero-order chi connectivity index (χ0) is 17.6. The molecular weight excluding hydrogens is 324 g/mol. The summed E-state index contributed by atoms with van der Waals surface area (Å²) in [5.74, 6) is 0.484. The summed E-state index contributed by atoms with van der Waals surface area (Å²) < 4.78 is 28.6. The molecule has 1 aliphatic heterocycles. The molecule has 3 rings (SSSR count). The van der Waals surface area contributed by atoms with E-state index in [1.165, 1.54) is 18.9 Å². The van der Waals surface area contributed by atoms with Gasteiger partial charge in [-0.15, -0.1) is 5.10 Å². The number of rotatable bonds is 7. The number of aromatic nitrogens is 4. The summed E-state index contributed by atoms with van der Waals surface area (Å²) in [6.45, 7) is 5.94. The fraction of sp³-hybridized carbons (Fsp3) is 0.611. The van der Waals surface area contributed by atoms with Gasteiger partial charge < -0.3 is 4.90 Å². The van der Waals surface area contributed by atoms with Crippen molar-refractivity contribution in [2.24, 2.45) is 5.92 Å². The highest BCUT2D eigenvalue weighted by Crippen LogP contribution is 2.23. The molecule has 2 heterocycles. The van der Waals surface area contributed by atoms with Gasteiger partial charge in [0.05, 0.1) is 0 Å². The second-order valence-corrected chi connectivity index (χ2v) is 6.89. The van der Waals surface area contributed by atoms with Gasteiger partial charge in [-0.1, -0.05) is 6.07 Å². The minimum absolute atomic E-state index is 0.426. The Hall–Kier alpha value is -1.89. The topological polar surface area (TPSA) is 46.8 Å². The summed E-state index contributed by atoms with van der Waals surface area (Å²) in [7, 11) is 0. The van der Waals surface area contributed by atoms with Crippen molar-refractivity contribution in [2.75, 3.05) is 19.6 Å². The summed E-state index contributed by atoms with van der Waals surface area (Å²) in [6, 6.07) is 3.88. The largest absolute Gasteiger partial charge is 0.303 e. The Balaban J connectivity index is 1.42. The summed E-state index contributed by atoms with van der Waals surface area (Å²) in [4.78, 5) is 2.48. The Labute approximate surface area is 147 Å². The van der Waals surface area contributed by atoms with Crippen LogP contribution in [0.25, 0.3) is 0 Å². The number of hydrogen-bond acceptors (Lipinski definition) is 4. The van der Waals surface area contributed by atoms with Crippen LogP contribution in [-0.4, -0.2) is 44.7 Å². The van der Waals surface area contributed by atoms with Gasteiger partial charge >= 0.3 is 0 Å². The fourth-order valence-electron chi connectivity index (χ4n) is 3.57. The molecule has 0 spiro atoms. The molecule has 0 amide bonds. The molecule has 1 fully saturated rings. The normalized spacial score (nSPS) is 18.6. The molecule has 1 saturated heterocycles. The first-order chi connectivity index (χ1) is 12.1. The van der Waals surface area contributed by atoms with Crippen molar-refractivity contribution < 1.29 is 8.78 Å². The molecule has 0 saturated carbocycles. The van der Waals surface area contributed by atoms with E-state index in [-0.39, 0.29) is 0 Å². The van der Waals surface area contributed by atoms with Gasteiger partial charge in [0.1, 0.15) is 17.5 Å². The Kier molecular flexibility index (Phi) is 6.07. The summed E-state index contributed by atoms with van der Waals surface area (Å²) >= 11 is 0. The zero-order valence-electron chi connectivity index (χ0n) is 14.7. The quantitative estimate of drug-likeness (QED) is 0.771. The zero-order valence-corrected chi connectivity index (χ0v) is 14.7. The molecule has 5 nitrogen and oxygen atoms in total. The van der Waals surface area contributed by atoms with Crippen LogP contribution in [0.4, 0.5) is 8.78 Å². The number of nitrogens with zero attached hydrogens (tertiary/aromatic N) is 5. The lowest BCUT2D eigenvalue weighted by molar-refractivity contribution is 0.164. The summed E-state index contributed by atoms with van der Waals surface area (Å²) in [6.07, 6.45) is 5.01. The van der Waals surface area contributed by atoms with E-state index >= 15 is 0 Å². The lowest BCUT2D eigenvalue weighted by atomic mass is 9.91. The van der Waals surface area contributed by atoms with Crippen molar-refractivity contribution in [3.8, 4) is 0 Å². The SMILES string of the molecule is Cc1nnnn1CCCN1CCCC(CCc2ccc(F)cc2F)C1. The molecule has 136 valence electrons. The van der Waals surface area contributed by atoms with E-state index in [1.54, 1.807) is 6.07 Å². The van der Waals surface area contributed by atoms with Crippen LogP contribution in [0.1, 0.15) is 37.1 Å². The van der Waals surface area contributed by atoms with Crippen molar-refractivity contribution in [1.82, 2.24) is 25.1 Å². The van der Waals surface area contributed by atoms with Crippen molar-refractivity contribution in [2.45, 2.75) is 45.6 Å². The molecule has 0 bridgehead atoms. The van der Waals surface area contributed by atoms with Gasteiger partial charge in [0.25, 0.3) is 0 Å². The van der Waals surface area contributed by atoms with Gasteiger partial charge in [-0.25, -0.2) is 13.5 Å². The monoisotopic (exact) mass is 349 g/mol. The predicted octanol–water partition coefficient (Wildman–Crippen LogP) is 2.99. The number of hydrogen-bond donors (Lipinski definition) is 0. The third-order valence-corrected chi connectivity index (χ3v) is 5.00. The minimum atomic E-state index is -0.511. The molecule has 1 atom stereocenters. The Morgan fingerprint density at radius 2 is 2.12 bits per heavy atom. The van der Waals surface area contributed by atoms with Crippen molar-refractivity contribution in [3.63, 3.8) is 0 Å². The number of aryl methyl sites for hydroxylation is 3. The fourth-order valence-corrected chi connectivity index (χ4v) is 3.57. The number of benzene rings is 1. The van der Waals surface area contributed by atoms with E-state index < -0.39 is 11.6 Å². The third kappa shape index (κ3) is 5.04. The number of halogens is 2. The van der Waals surface area contributed by atoms with E-state index in [2.05, 4.69) is 20.4 Å². The summed E-state index contributed by atoms with van der Waals surface area (Å²) in [5.41, 5.74) is 0.618. The van der Waals surface area contributed by atoms with Gasteiger partial charge in [-0.05, 0) is 80.1 Å². The predicted molar refractivity (Wildman–Crippen MR) is 91.0 cm³/mol. The van der Waals surface area contributed by atoms with Crippen molar-refractivity contribution in [1.29, 1.82) is 0 Å². The van der Waals surface area contributed by atoms with Crippen LogP contribution < -0.4 is 0 Å². The van der Waals surface area contributed by atoms with Crippen LogP contribution in [-0.2, 0) is 13.0 Å². The first kappa shape index (κ1) is 17.9. The molecular formula is C18H25F2N5. The molecule has 25 heavy (non-hydrogen) atoms. The van der Waals surface area contributed by atoms with Crippen LogP contribution in [0, 0.1) is 24.5 Å². The second-order valence-electron chi connectivity index (χ2n) is 6.89. The van der Waals surface area contributed by atoms with Crippen molar-refractivity contribution in [3.05, 3.63) is 41.2 Å². The third-order valence-electron chi connectivity index (χ3n) is 5.00. The van der Waals surface area contributed by atoms with Crippen LogP contribution in [0.3, 0.4) is 0 Å². The van der Waals surface area contributed by atoms with E-state index in [9.17, 15) is 8.78 Å². The lowest BCUT2D eigenvalue weighted by Crippen LogP contribution is -2.36. The van der Waals surface area contributed by atoms with Crippen LogP contribution >= 0.6 is 0 Å². The van der Waals surface area contributed by atoms with Gasteiger partial charge in [0.15, 0.2) is 0 Å². The van der Waals surface area contributed by atoms with Crippen LogP contribution in [0.5, 0.6) is 0 Å². The van der Waals surface area contributed by atoms with Gasteiger partial charge in [0.2, 0.25) is 0 Å². The maximum absolute atomic E-state index is 13.7. The Bertz CT molecular complexity index is 688. The first-order valence-corrected chi connectivity index (χ1v) is 9.01. The molecule has 2 aromatic rings. The standard InChI is InChI=1S/C18H25F2N5/c1-14-21-22-23-25(14)11-3-10-24-9-2-4-15(13-24)5-6-16-7-8-17(19)12-18(16)20/h7-8,12,15H,2-6,9-11,13H2,1H3. The van der Waals surface area contributed by atoms with Gasteiger partial charge in [-0.2, -0.15) is 0 Å². The number of piperidine rings is 1. The average Bonchev–Trinajstić information content (AvgIpc) is 3.00. The molecule has 1 unspecified atom stereocenters. The maximum atomic E-state index is 13.7. The van der Waals surface area contributed by atoms with Gasteiger partial charge in [-0.3, -0.25) is 0 Å². The van der Waals surface area contributed by atoms with E-state index in [0.29, 0.717) is 17.9 Å². The van der Waals surface area contributed by atoms with Gasteiger partial charge in [0, 0.05) is 19.2 Å². The molecule has 7 heteroatoms. The summed E-state index contributed by atoms with van der Waals surface area (Å²) in [5, 5.41) is 11.5. The van der Waals surface area contributed by atoms with Crippen LogP contribution in [0.2, 0.25) is 0 Å². The van der Waals surface area contributed by atoms with E-state index in [4.69, 9.17) is 0 Å². The maximum Gasteiger partial charge on any atom is 0.148 e. The Morgan fingerprint density at radius 3 is 2.88 bits per heavy atom. The smallest absolute Gasteiger partial charge is 0.148 e. The minimum Gasteiger partial charge on any atom is -0.303 e.